The van der Waals surface area contributed by atoms with Gasteiger partial charge >= 0.3 is 0 Å². The van der Waals surface area contributed by atoms with Gasteiger partial charge in [0.2, 0.25) is 0 Å². The van der Waals surface area contributed by atoms with Gasteiger partial charge in [0.15, 0.2) is 5.82 Å². The smallest absolute Gasteiger partial charge is 0.154 e. The number of hydrogen-bond donors (Lipinski definition) is 2. The van der Waals surface area contributed by atoms with Crippen molar-refractivity contribution in [2.45, 2.75) is 6.92 Å². The van der Waals surface area contributed by atoms with Crippen LogP contribution in [0.5, 0.6) is 0 Å². The van der Waals surface area contributed by atoms with Gasteiger partial charge in [0.1, 0.15) is 17.2 Å². The van der Waals surface area contributed by atoms with Gasteiger partial charge in [-0.1, -0.05) is 17.7 Å². The average Bonchev–Trinajstić information content (AvgIpc) is 2.30. The lowest BCUT2D eigenvalue weighted by Crippen LogP contribution is -2.00. The normalized spacial score (nSPS) is 10.3. The molecule has 88 valence electrons. The number of nitrogens with two attached hydrogens (primary N) is 1. The Morgan fingerprint density at radius 3 is 2.88 bits per heavy atom. The Hall–Kier alpha value is -1.33. The summed E-state index contributed by atoms with van der Waals surface area (Å²) in [5, 5.41) is 3.43. The van der Waals surface area contributed by atoms with Crippen molar-refractivity contribution in [3.63, 3.8) is 0 Å². The van der Waals surface area contributed by atoms with E-state index in [2.05, 4.69) is 31.2 Å². The molecule has 1 heterocycles. The zero-order valence-electron chi connectivity index (χ0n) is 9.04. The second-order valence-corrected chi connectivity index (χ2v) is 4.76. The van der Waals surface area contributed by atoms with E-state index >= 15 is 0 Å². The molecule has 0 spiro atoms. The fraction of sp³-hybridized carbons (Fsp3) is 0.0909. The molecule has 0 saturated heterocycles. The lowest BCUT2D eigenvalue weighted by Gasteiger charge is -2.10. The van der Waals surface area contributed by atoms with Crippen LogP contribution in [-0.2, 0) is 0 Å². The summed E-state index contributed by atoms with van der Waals surface area (Å²) in [6.07, 6.45) is 1.37. The van der Waals surface area contributed by atoms with Crippen molar-refractivity contribution < 1.29 is 0 Å². The maximum absolute atomic E-state index is 6.01. The molecule has 0 saturated carbocycles. The van der Waals surface area contributed by atoms with E-state index in [4.69, 9.17) is 17.3 Å². The molecule has 17 heavy (non-hydrogen) atoms. The van der Waals surface area contributed by atoms with Gasteiger partial charge in [-0.15, -0.1) is 0 Å². The number of hydrogen-bond acceptors (Lipinski definition) is 4. The monoisotopic (exact) mass is 312 g/mol. The molecule has 1 aromatic carbocycles. The van der Waals surface area contributed by atoms with Crippen molar-refractivity contribution >= 4 is 44.9 Å². The Labute approximate surface area is 112 Å². The molecule has 6 heteroatoms. The maximum atomic E-state index is 6.01. The molecule has 1 aromatic heterocycles. The molecule has 0 aliphatic rings. The summed E-state index contributed by atoms with van der Waals surface area (Å²) in [7, 11) is 0. The highest BCUT2D eigenvalue weighted by Crippen LogP contribution is 2.30. The van der Waals surface area contributed by atoms with Crippen LogP contribution in [0.4, 0.5) is 17.3 Å². The van der Waals surface area contributed by atoms with Crippen molar-refractivity contribution in [3.8, 4) is 0 Å². The molecule has 2 rings (SSSR count). The number of aromatic nitrogens is 2. The van der Waals surface area contributed by atoms with Crippen LogP contribution < -0.4 is 11.1 Å². The molecule has 0 atom stereocenters. The third kappa shape index (κ3) is 2.68. The van der Waals surface area contributed by atoms with Gasteiger partial charge < -0.3 is 11.1 Å². The fourth-order valence-corrected chi connectivity index (χ4v) is 1.82. The molecular weight excluding hydrogens is 304 g/mol. The Morgan fingerprint density at radius 2 is 2.12 bits per heavy atom. The van der Waals surface area contributed by atoms with Crippen LogP contribution in [0.2, 0.25) is 5.02 Å². The fourth-order valence-electron chi connectivity index (χ4n) is 1.33. The number of aryl methyl sites for hydroxylation is 1. The topological polar surface area (TPSA) is 63.8 Å². The number of halogens is 2. The first-order valence-corrected chi connectivity index (χ1v) is 6.04. The summed E-state index contributed by atoms with van der Waals surface area (Å²) in [5.41, 5.74) is 7.62. The minimum atomic E-state index is 0.257. The zero-order valence-corrected chi connectivity index (χ0v) is 11.4. The SMILES string of the molecule is Cc1ccc(Br)c(Nc2ncnc(N)c2Cl)c1. The highest BCUT2D eigenvalue weighted by molar-refractivity contribution is 9.10. The van der Waals surface area contributed by atoms with E-state index in [1.807, 2.05) is 25.1 Å². The van der Waals surface area contributed by atoms with Gasteiger partial charge in [0.05, 0.1) is 5.69 Å². The highest BCUT2D eigenvalue weighted by Gasteiger charge is 2.08. The van der Waals surface area contributed by atoms with Gasteiger partial charge in [-0.2, -0.15) is 0 Å². The molecule has 0 bridgehead atoms. The third-order valence-electron chi connectivity index (χ3n) is 2.19. The largest absolute Gasteiger partial charge is 0.382 e. The van der Waals surface area contributed by atoms with Crippen LogP contribution in [0.3, 0.4) is 0 Å². The maximum Gasteiger partial charge on any atom is 0.154 e. The molecule has 4 nitrogen and oxygen atoms in total. The van der Waals surface area contributed by atoms with Crippen LogP contribution >= 0.6 is 27.5 Å². The first kappa shape index (κ1) is 12.1. The van der Waals surface area contributed by atoms with Gasteiger partial charge in [-0.05, 0) is 40.5 Å². The number of anilines is 3. The second kappa shape index (κ2) is 4.89. The Balaban J connectivity index is 2.38. The number of nitrogen functional groups attached to an aromatic ring is 1. The minimum Gasteiger partial charge on any atom is -0.382 e. The molecule has 0 radical (unpaired) electrons. The summed E-state index contributed by atoms with van der Waals surface area (Å²) in [6, 6.07) is 5.94. The van der Waals surface area contributed by atoms with E-state index in [9.17, 15) is 0 Å². The van der Waals surface area contributed by atoms with E-state index in [-0.39, 0.29) is 5.82 Å². The van der Waals surface area contributed by atoms with Crippen molar-refractivity contribution in [2.24, 2.45) is 0 Å². The molecule has 3 N–H and O–H groups in total. The van der Waals surface area contributed by atoms with Crippen molar-refractivity contribution in [2.75, 3.05) is 11.1 Å². The molecule has 0 aliphatic heterocycles. The van der Waals surface area contributed by atoms with Crippen LogP contribution in [0.25, 0.3) is 0 Å². The van der Waals surface area contributed by atoms with Gasteiger partial charge in [0.25, 0.3) is 0 Å². The minimum absolute atomic E-state index is 0.257. The average molecular weight is 314 g/mol. The second-order valence-electron chi connectivity index (χ2n) is 3.53. The van der Waals surface area contributed by atoms with Gasteiger partial charge in [-0.3, -0.25) is 0 Å². The van der Waals surface area contributed by atoms with Crippen molar-refractivity contribution in [3.05, 3.63) is 39.6 Å². The van der Waals surface area contributed by atoms with E-state index in [0.29, 0.717) is 10.8 Å². The quantitative estimate of drug-likeness (QED) is 0.890. The molecule has 0 amide bonds. The van der Waals surface area contributed by atoms with E-state index in [1.165, 1.54) is 6.33 Å². The van der Waals surface area contributed by atoms with Crippen LogP contribution in [-0.4, -0.2) is 9.97 Å². The summed E-state index contributed by atoms with van der Waals surface area (Å²) < 4.78 is 0.927. The summed E-state index contributed by atoms with van der Waals surface area (Å²) in [6.45, 7) is 2.01. The summed E-state index contributed by atoms with van der Waals surface area (Å²) in [5.74, 6) is 0.749. The molecular formula is C11H10BrClN4. The molecule has 2 aromatic rings. The third-order valence-corrected chi connectivity index (χ3v) is 3.26. The lowest BCUT2D eigenvalue weighted by atomic mass is 10.2. The number of rotatable bonds is 2. The highest BCUT2D eigenvalue weighted by atomic mass is 79.9. The van der Waals surface area contributed by atoms with Crippen LogP contribution in [0, 0.1) is 6.92 Å². The van der Waals surface area contributed by atoms with E-state index < -0.39 is 0 Å². The standard InChI is InChI=1S/C11H10BrClN4/c1-6-2-3-7(12)8(4-6)17-11-9(13)10(14)15-5-16-11/h2-5H,1H3,(H3,14,15,16,17). The van der Waals surface area contributed by atoms with E-state index in [1.54, 1.807) is 0 Å². The Kier molecular flexibility index (Phi) is 3.49. The van der Waals surface area contributed by atoms with Gasteiger partial charge in [0, 0.05) is 4.47 Å². The molecule has 0 fully saturated rings. The van der Waals surface area contributed by atoms with Crippen molar-refractivity contribution in [1.82, 2.24) is 9.97 Å². The zero-order chi connectivity index (χ0) is 12.4. The Bertz CT molecular complexity index is 559. The number of nitrogens with zero attached hydrogens (tertiary/aromatic N) is 2. The van der Waals surface area contributed by atoms with E-state index in [0.717, 1.165) is 15.7 Å². The van der Waals surface area contributed by atoms with Crippen LogP contribution in [0.1, 0.15) is 5.56 Å². The number of benzene rings is 1. The predicted molar refractivity (Wildman–Crippen MR) is 73.6 cm³/mol. The first-order valence-electron chi connectivity index (χ1n) is 4.87. The van der Waals surface area contributed by atoms with Crippen molar-refractivity contribution in [1.29, 1.82) is 0 Å². The first-order chi connectivity index (χ1) is 8.08. The summed E-state index contributed by atoms with van der Waals surface area (Å²) in [4.78, 5) is 7.85. The number of nitrogens with one attached hydrogen (secondary N) is 1. The summed E-state index contributed by atoms with van der Waals surface area (Å²) >= 11 is 9.46. The molecule has 0 unspecified atom stereocenters. The van der Waals surface area contributed by atoms with Gasteiger partial charge in [-0.25, -0.2) is 9.97 Å². The lowest BCUT2D eigenvalue weighted by molar-refractivity contribution is 1.17. The van der Waals surface area contributed by atoms with Crippen LogP contribution in [0.15, 0.2) is 29.0 Å². The Morgan fingerprint density at radius 1 is 1.35 bits per heavy atom. The molecule has 0 aliphatic carbocycles. The predicted octanol–water partition coefficient (Wildman–Crippen LogP) is 3.53.